The Labute approximate surface area is 72.8 Å². The predicted octanol–water partition coefficient (Wildman–Crippen LogP) is -0.596. The molecule has 70 valence electrons. The molecular weight excluding hydrogens is 178 g/mol. The van der Waals surface area contributed by atoms with E-state index in [0.717, 1.165) is 0 Å². The average molecular weight is 185 g/mol. The number of aromatic carboxylic acids is 1. The Kier molecular flexibility index (Phi) is 2.58. The van der Waals surface area contributed by atoms with Gasteiger partial charge in [0.2, 0.25) is 11.8 Å². The van der Waals surface area contributed by atoms with E-state index in [0.29, 0.717) is 0 Å². The third-order valence-electron chi connectivity index (χ3n) is 1.14. The Balaban J connectivity index is 2.59. The molecule has 0 saturated carbocycles. The predicted molar refractivity (Wildman–Crippen MR) is 38.8 cm³/mol. The fourth-order valence-corrected chi connectivity index (χ4v) is 0.612. The molecule has 0 aliphatic heterocycles. The average Bonchev–Trinajstić information content (AvgIpc) is 2.48. The molecule has 0 aromatic carbocycles. The molecule has 1 aromatic heterocycles. The molecule has 0 aliphatic carbocycles. The minimum Gasteiger partial charge on any atom is -0.474 e. The van der Waals surface area contributed by atoms with Crippen LogP contribution in [0.2, 0.25) is 0 Å². The largest absolute Gasteiger partial charge is 0.474 e. The monoisotopic (exact) mass is 185 g/mol. The van der Waals surface area contributed by atoms with Crippen molar-refractivity contribution in [3.63, 3.8) is 0 Å². The minimum absolute atomic E-state index is 0.0373. The number of carboxylic acids is 1. The zero-order valence-electron chi connectivity index (χ0n) is 6.77. The van der Waals surface area contributed by atoms with Crippen LogP contribution in [0.25, 0.3) is 0 Å². The van der Waals surface area contributed by atoms with Gasteiger partial charge in [0.15, 0.2) is 0 Å². The van der Waals surface area contributed by atoms with Gasteiger partial charge in [0, 0.05) is 6.92 Å². The Morgan fingerprint density at radius 2 is 2.23 bits per heavy atom. The first-order chi connectivity index (χ1) is 6.09. The number of nitrogens with one attached hydrogen (secondary N) is 1. The van der Waals surface area contributed by atoms with Crippen LogP contribution >= 0.6 is 0 Å². The highest BCUT2D eigenvalue weighted by atomic mass is 16.4. The second kappa shape index (κ2) is 3.65. The topological polar surface area (TPSA) is 105 Å². The van der Waals surface area contributed by atoms with Crippen molar-refractivity contribution in [2.75, 3.05) is 0 Å². The molecule has 2 N–H and O–H groups in total. The van der Waals surface area contributed by atoms with E-state index in [2.05, 4.69) is 19.9 Å². The maximum Gasteiger partial charge on any atom is 0.393 e. The smallest absolute Gasteiger partial charge is 0.393 e. The molecular formula is C6H7N3O4. The van der Waals surface area contributed by atoms with E-state index in [-0.39, 0.29) is 18.3 Å². The quantitative estimate of drug-likeness (QED) is 0.651. The third kappa shape index (κ3) is 2.55. The molecule has 0 unspecified atom stereocenters. The van der Waals surface area contributed by atoms with Crippen LogP contribution in [0.15, 0.2) is 4.42 Å². The summed E-state index contributed by atoms with van der Waals surface area (Å²) in [6, 6.07) is 0. The molecule has 7 heteroatoms. The summed E-state index contributed by atoms with van der Waals surface area (Å²) < 4.78 is 4.66. The summed E-state index contributed by atoms with van der Waals surface area (Å²) in [5.41, 5.74) is 0. The van der Waals surface area contributed by atoms with Gasteiger partial charge in [0.05, 0.1) is 6.54 Å². The van der Waals surface area contributed by atoms with E-state index in [1.54, 1.807) is 0 Å². The summed E-state index contributed by atoms with van der Waals surface area (Å²) in [6.45, 7) is 1.37. The summed E-state index contributed by atoms with van der Waals surface area (Å²) in [7, 11) is 0. The highest BCUT2D eigenvalue weighted by Gasteiger charge is 2.12. The van der Waals surface area contributed by atoms with E-state index < -0.39 is 11.9 Å². The molecule has 1 heterocycles. The number of hydrogen-bond donors (Lipinski definition) is 2. The van der Waals surface area contributed by atoms with Crippen molar-refractivity contribution in [1.29, 1.82) is 0 Å². The zero-order valence-corrected chi connectivity index (χ0v) is 6.77. The maximum atomic E-state index is 10.4. The van der Waals surface area contributed by atoms with Crippen LogP contribution in [-0.4, -0.2) is 27.2 Å². The molecule has 0 radical (unpaired) electrons. The van der Waals surface area contributed by atoms with Crippen LogP contribution < -0.4 is 5.32 Å². The number of carbonyl (C=O) groups excluding carboxylic acids is 1. The van der Waals surface area contributed by atoms with Gasteiger partial charge in [-0.3, -0.25) is 4.79 Å². The number of aromatic nitrogens is 2. The molecule has 0 aliphatic rings. The molecule has 1 rings (SSSR count). The van der Waals surface area contributed by atoms with Gasteiger partial charge in [0.1, 0.15) is 0 Å². The Morgan fingerprint density at radius 1 is 1.54 bits per heavy atom. The van der Waals surface area contributed by atoms with E-state index >= 15 is 0 Å². The summed E-state index contributed by atoms with van der Waals surface area (Å²) in [5.74, 6) is -1.97. The summed E-state index contributed by atoms with van der Waals surface area (Å²) in [6.07, 6.45) is 0. The van der Waals surface area contributed by atoms with Gasteiger partial charge in [-0.05, 0) is 0 Å². The zero-order chi connectivity index (χ0) is 9.84. The van der Waals surface area contributed by atoms with Crippen LogP contribution in [0, 0.1) is 0 Å². The first-order valence-corrected chi connectivity index (χ1v) is 3.39. The van der Waals surface area contributed by atoms with Crippen LogP contribution in [0.5, 0.6) is 0 Å². The number of hydrogen-bond acceptors (Lipinski definition) is 5. The van der Waals surface area contributed by atoms with Crippen LogP contribution in [0.1, 0.15) is 23.5 Å². The van der Waals surface area contributed by atoms with Crippen LogP contribution in [0.4, 0.5) is 0 Å². The summed E-state index contributed by atoms with van der Waals surface area (Å²) in [5, 5.41) is 17.4. The number of carbonyl (C=O) groups is 2. The fraction of sp³-hybridized carbons (Fsp3) is 0.333. The number of carboxylic acid groups (broad SMARTS) is 1. The van der Waals surface area contributed by atoms with Gasteiger partial charge < -0.3 is 14.8 Å². The van der Waals surface area contributed by atoms with Gasteiger partial charge in [-0.15, -0.1) is 10.2 Å². The van der Waals surface area contributed by atoms with Crippen LogP contribution in [-0.2, 0) is 11.3 Å². The molecule has 1 aromatic rings. The van der Waals surface area contributed by atoms with Crippen molar-refractivity contribution in [2.45, 2.75) is 13.5 Å². The van der Waals surface area contributed by atoms with Crippen LogP contribution in [0.3, 0.4) is 0 Å². The first kappa shape index (κ1) is 9.17. The Bertz CT molecular complexity index is 332. The number of rotatable bonds is 3. The van der Waals surface area contributed by atoms with Crippen molar-refractivity contribution < 1.29 is 19.1 Å². The van der Waals surface area contributed by atoms with Gasteiger partial charge in [-0.1, -0.05) is 0 Å². The fourth-order valence-electron chi connectivity index (χ4n) is 0.612. The lowest BCUT2D eigenvalue weighted by atomic mass is 10.6. The molecule has 13 heavy (non-hydrogen) atoms. The minimum atomic E-state index is -1.29. The summed E-state index contributed by atoms with van der Waals surface area (Å²) >= 11 is 0. The second-order valence-electron chi connectivity index (χ2n) is 2.22. The molecule has 0 bridgehead atoms. The van der Waals surface area contributed by atoms with E-state index in [4.69, 9.17) is 5.11 Å². The first-order valence-electron chi connectivity index (χ1n) is 3.39. The molecule has 7 nitrogen and oxygen atoms in total. The molecule has 0 saturated heterocycles. The SMILES string of the molecule is CC(=O)NCc1nnc(C(=O)O)o1. The number of amides is 1. The maximum absolute atomic E-state index is 10.4. The molecule has 0 fully saturated rings. The lowest BCUT2D eigenvalue weighted by molar-refractivity contribution is -0.119. The Morgan fingerprint density at radius 3 is 2.69 bits per heavy atom. The molecule has 1 amide bonds. The molecule has 0 atom stereocenters. The van der Waals surface area contributed by atoms with Crippen molar-refractivity contribution >= 4 is 11.9 Å². The van der Waals surface area contributed by atoms with Gasteiger partial charge in [-0.2, -0.15) is 0 Å². The van der Waals surface area contributed by atoms with E-state index in [1.165, 1.54) is 6.92 Å². The standard InChI is InChI=1S/C6H7N3O4/c1-3(10)7-2-4-8-9-5(13-4)6(11)12/h2H2,1H3,(H,7,10)(H,11,12). The molecule has 0 spiro atoms. The summed E-state index contributed by atoms with van der Waals surface area (Å²) in [4.78, 5) is 20.7. The second-order valence-corrected chi connectivity index (χ2v) is 2.22. The lowest BCUT2D eigenvalue weighted by Crippen LogP contribution is -2.19. The van der Waals surface area contributed by atoms with Crippen molar-refractivity contribution in [3.05, 3.63) is 11.8 Å². The third-order valence-corrected chi connectivity index (χ3v) is 1.14. The van der Waals surface area contributed by atoms with Crippen molar-refractivity contribution in [1.82, 2.24) is 15.5 Å². The highest BCUT2D eigenvalue weighted by Crippen LogP contribution is 1.98. The van der Waals surface area contributed by atoms with Crippen molar-refractivity contribution in [3.8, 4) is 0 Å². The van der Waals surface area contributed by atoms with Gasteiger partial charge in [-0.25, -0.2) is 4.79 Å². The Hall–Kier alpha value is -1.92. The van der Waals surface area contributed by atoms with E-state index in [1.807, 2.05) is 0 Å². The van der Waals surface area contributed by atoms with Gasteiger partial charge >= 0.3 is 11.9 Å². The van der Waals surface area contributed by atoms with Crippen molar-refractivity contribution in [2.24, 2.45) is 0 Å². The number of nitrogens with zero attached hydrogens (tertiary/aromatic N) is 2. The van der Waals surface area contributed by atoms with Gasteiger partial charge in [0.25, 0.3) is 0 Å². The highest BCUT2D eigenvalue weighted by molar-refractivity contribution is 5.81. The normalized spacial score (nSPS) is 9.62. The van der Waals surface area contributed by atoms with E-state index in [9.17, 15) is 9.59 Å². The lowest BCUT2D eigenvalue weighted by Gasteiger charge is -1.93.